The van der Waals surface area contributed by atoms with Crippen LogP contribution in [0.2, 0.25) is 0 Å². The summed E-state index contributed by atoms with van der Waals surface area (Å²) in [5.41, 5.74) is 1.48. The van der Waals surface area contributed by atoms with Gasteiger partial charge in [-0.3, -0.25) is 9.55 Å². The van der Waals surface area contributed by atoms with Crippen LogP contribution in [0.1, 0.15) is 37.3 Å². The second-order valence-corrected chi connectivity index (χ2v) is 6.51. The molecule has 1 unspecified atom stereocenters. The van der Waals surface area contributed by atoms with Crippen LogP contribution in [0, 0.1) is 0 Å². The Morgan fingerprint density at radius 3 is 3.00 bits per heavy atom. The van der Waals surface area contributed by atoms with Crippen molar-refractivity contribution in [2.75, 3.05) is 13.1 Å². The molecule has 3 aromatic heterocycles. The summed E-state index contributed by atoms with van der Waals surface area (Å²) in [4.78, 5) is 16.8. The molecule has 3 aromatic rings. The third kappa shape index (κ3) is 3.96. The lowest BCUT2D eigenvalue weighted by molar-refractivity contribution is 0.370. The van der Waals surface area contributed by atoms with Crippen LogP contribution in [0.5, 0.6) is 0 Å². The van der Waals surface area contributed by atoms with Crippen LogP contribution in [0.3, 0.4) is 0 Å². The van der Waals surface area contributed by atoms with Gasteiger partial charge in [-0.2, -0.15) is 5.10 Å². The van der Waals surface area contributed by atoms with Gasteiger partial charge in [0.15, 0.2) is 5.76 Å². The van der Waals surface area contributed by atoms with E-state index in [-0.39, 0.29) is 30.6 Å². The third-order valence-corrected chi connectivity index (χ3v) is 4.75. The Morgan fingerprint density at radius 2 is 2.30 bits per heavy atom. The molecule has 4 heterocycles. The zero-order valence-electron chi connectivity index (χ0n) is 15.2. The van der Waals surface area contributed by atoms with E-state index >= 15 is 0 Å². The van der Waals surface area contributed by atoms with Crippen molar-refractivity contribution in [3.05, 3.63) is 52.7 Å². The van der Waals surface area contributed by atoms with Gasteiger partial charge in [-0.05, 0) is 38.4 Å². The van der Waals surface area contributed by atoms with E-state index in [0.29, 0.717) is 18.0 Å². The van der Waals surface area contributed by atoms with Crippen molar-refractivity contribution in [1.82, 2.24) is 29.8 Å². The fraction of sp³-hybridized carbons (Fsp3) is 0.444. The third-order valence-electron chi connectivity index (χ3n) is 4.75. The van der Waals surface area contributed by atoms with Crippen LogP contribution in [0.4, 0.5) is 0 Å². The molecule has 8 nitrogen and oxygen atoms in total. The number of hydrogen-bond acceptors (Lipinski definition) is 6. The molecule has 1 saturated heterocycles. The molecule has 1 N–H and O–H groups in total. The van der Waals surface area contributed by atoms with Gasteiger partial charge in [0.2, 0.25) is 0 Å². The monoisotopic (exact) mass is 390 g/mol. The lowest BCUT2D eigenvalue weighted by atomic mass is 9.99. The summed E-state index contributed by atoms with van der Waals surface area (Å²) in [6.45, 7) is 4.75. The Morgan fingerprint density at radius 1 is 1.41 bits per heavy atom. The minimum absolute atomic E-state index is 0. The van der Waals surface area contributed by atoms with Gasteiger partial charge >= 0.3 is 5.69 Å². The molecule has 0 spiro atoms. The average molecular weight is 391 g/mol. The van der Waals surface area contributed by atoms with E-state index in [1.807, 2.05) is 25.1 Å². The molecule has 4 rings (SSSR count). The molecule has 0 amide bonds. The number of piperidine rings is 1. The molecular formula is C18H23ClN6O2. The van der Waals surface area contributed by atoms with Crippen molar-refractivity contribution in [1.29, 1.82) is 0 Å². The predicted octanol–water partition coefficient (Wildman–Crippen LogP) is 2.05. The second kappa shape index (κ2) is 8.49. The van der Waals surface area contributed by atoms with Gasteiger partial charge in [-0.15, -0.1) is 12.4 Å². The van der Waals surface area contributed by atoms with Gasteiger partial charge in [-0.1, -0.05) is 5.16 Å². The van der Waals surface area contributed by atoms with Crippen molar-refractivity contribution in [3.63, 3.8) is 0 Å². The minimum Gasteiger partial charge on any atom is -0.359 e. The van der Waals surface area contributed by atoms with E-state index < -0.39 is 0 Å². The molecule has 1 atom stereocenters. The molecular weight excluding hydrogens is 368 g/mol. The molecule has 0 radical (unpaired) electrons. The van der Waals surface area contributed by atoms with Gasteiger partial charge < -0.3 is 9.84 Å². The Labute approximate surface area is 163 Å². The second-order valence-electron chi connectivity index (χ2n) is 6.51. The van der Waals surface area contributed by atoms with Crippen molar-refractivity contribution in [2.45, 2.75) is 38.8 Å². The van der Waals surface area contributed by atoms with Gasteiger partial charge in [0.25, 0.3) is 0 Å². The molecule has 144 valence electrons. The Balaban J connectivity index is 0.00000210. The van der Waals surface area contributed by atoms with Crippen LogP contribution in [0.25, 0.3) is 11.3 Å². The number of rotatable bonds is 5. The van der Waals surface area contributed by atoms with Crippen LogP contribution < -0.4 is 11.0 Å². The van der Waals surface area contributed by atoms with Crippen LogP contribution in [0.15, 0.2) is 39.9 Å². The maximum absolute atomic E-state index is 12.7. The Hall–Kier alpha value is -2.45. The van der Waals surface area contributed by atoms with Crippen molar-refractivity contribution >= 4 is 12.4 Å². The van der Waals surface area contributed by atoms with E-state index in [4.69, 9.17) is 4.52 Å². The zero-order valence-corrected chi connectivity index (χ0v) is 16.0. The first kappa shape index (κ1) is 19.3. The number of aromatic nitrogens is 5. The highest BCUT2D eigenvalue weighted by molar-refractivity contribution is 5.85. The molecule has 1 fully saturated rings. The SMILES string of the molecule is CCn1c(C2CCCNC2)nn(Cc2cc(-c3cccnc3)no2)c1=O.Cl. The summed E-state index contributed by atoms with van der Waals surface area (Å²) in [7, 11) is 0. The highest BCUT2D eigenvalue weighted by atomic mass is 35.5. The normalized spacial score (nSPS) is 16.9. The first-order valence-electron chi connectivity index (χ1n) is 9.00. The molecule has 0 saturated carbocycles. The molecule has 0 aliphatic carbocycles. The molecule has 9 heteroatoms. The topological polar surface area (TPSA) is 90.8 Å². The van der Waals surface area contributed by atoms with Crippen LogP contribution in [-0.4, -0.2) is 37.6 Å². The minimum atomic E-state index is -0.104. The first-order valence-corrected chi connectivity index (χ1v) is 9.00. The van der Waals surface area contributed by atoms with Crippen LogP contribution >= 0.6 is 12.4 Å². The summed E-state index contributed by atoms with van der Waals surface area (Å²) < 4.78 is 8.64. The molecule has 27 heavy (non-hydrogen) atoms. The summed E-state index contributed by atoms with van der Waals surface area (Å²) in [6.07, 6.45) is 5.60. The number of nitrogens with one attached hydrogen (secondary N) is 1. The summed E-state index contributed by atoms with van der Waals surface area (Å²) >= 11 is 0. The molecule has 1 aliphatic heterocycles. The van der Waals surface area contributed by atoms with Crippen molar-refractivity contribution < 1.29 is 4.52 Å². The average Bonchev–Trinajstić information content (AvgIpc) is 3.28. The summed E-state index contributed by atoms with van der Waals surface area (Å²) in [5, 5.41) is 12.1. The molecule has 0 aromatic carbocycles. The fourth-order valence-corrected chi connectivity index (χ4v) is 3.42. The Bertz CT molecular complexity index is 927. The van der Waals surface area contributed by atoms with Gasteiger partial charge in [0.1, 0.15) is 18.1 Å². The lowest BCUT2D eigenvalue weighted by Crippen LogP contribution is -2.31. The molecule has 1 aliphatic rings. The number of halogens is 1. The maximum Gasteiger partial charge on any atom is 0.346 e. The van der Waals surface area contributed by atoms with Gasteiger partial charge in [-0.25, -0.2) is 9.48 Å². The van der Waals surface area contributed by atoms with E-state index in [9.17, 15) is 4.79 Å². The van der Waals surface area contributed by atoms with E-state index in [0.717, 1.165) is 37.3 Å². The number of hydrogen-bond donors (Lipinski definition) is 1. The van der Waals surface area contributed by atoms with E-state index in [1.165, 1.54) is 4.68 Å². The van der Waals surface area contributed by atoms with E-state index in [2.05, 4.69) is 20.6 Å². The van der Waals surface area contributed by atoms with E-state index in [1.54, 1.807) is 17.0 Å². The Kier molecular flexibility index (Phi) is 6.08. The molecule has 0 bridgehead atoms. The van der Waals surface area contributed by atoms with Crippen molar-refractivity contribution in [3.8, 4) is 11.3 Å². The predicted molar refractivity (Wildman–Crippen MR) is 103 cm³/mol. The summed E-state index contributed by atoms with van der Waals surface area (Å²) in [5.74, 6) is 1.73. The van der Waals surface area contributed by atoms with Crippen molar-refractivity contribution in [2.24, 2.45) is 0 Å². The smallest absolute Gasteiger partial charge is 0.346 e. The fourth-order valence-electron chi connectivity index (χ4n) is 3.42. The zero-order chi connectivity index (χ0) is 17.9. The van der Waals surface area contributed by atoms with Gasteiger partial charge in [0.05, 0.1) is 0 Å². The highest BCUT2D eigenvalue weighted by Crippen LogP contribution is 2.21. The quantitative estimate of drug-likeness (QED) is 0.717. The number of nitrogens with zero attached hydrogens (tertiary/aromatic N) is 5. The van der Waals surface area contributed by atoms with Crippen LogP contribution in [-0.2, 0) is 13.1 Å². The standard InChI is InChI=1S/C18H22N6O2.ClH/c1-2-23-17(14-6-4-8-20-11-14)21-24(18(23)25)12-15-9-16(22-26-15)13-5-3-7-19-10-13;/h3,5,7,9-10,14,20H,2,4,6,8,11-12H2,1H3;1H. The highest BCUT2D eigenvalue weighted by Gasteiger charge is 2.23. The lowest BCUT2D eigenvalue weighted by Gasteiger charge is -2.21. The van der Waals surface area contributed by atoms with Gasteiger partial charge in [0, 0.05) is 43.0 Å². The summed E-state index contributed by atoms with van der Waals surface area (Å²) in [6, 6.07) is 5.60. The maximum atomic E-state index is 12.7. The largest absolute Gasteiger partial charge is 0.359 e. The number of pyridine rings is 1. The first-order chi connectivity index (χ1) is 12.8.